The van der Waals surface area contributed by atoms with Gasteiger partial charge in [0.2, 0.25) is 15.9 Å². The zero-order valence-corrected chi connectivity index (χ0v) is 17.5. The SMILES string of the molecule is Cc1ccc(N2C(=O)CCS2(=O)=O)cc1S(=O)(=O)Nc1ccccc1C(C)C. The summed E-state index contributed by atoms with van der Waals surface area (Å²) in [5.41, 5.74) is 1.79. The molecule has 1 N–H and O–H groups in total. The lowest BCUT2D eigenvalue weighted by Gasteiger charge is -2.19. The first kappa shape index (κ1) is 20.3. The zero-order chi connectivity index (χ0) is 20.7. The second-order valence-electron chi connectivity index (χ2n) is 7.02. The molecule has 2 aromatic rings. The molecule has 28 heavy (non-hydrogen) atoms. The standard InChI is InChI=1S/C19H22N2O5S2/c1-13(2)16-6-4-5-7-17(16)20-28(25,26)18-12-15(9-8-14(18)3)21-19(22)10-11-27(21,23)24/h4-9,12-13,20H,10-11H2,1-3H3. The predicted molar refractivity (Wildman–Crippen MR) is 108 cm³/mol. The van der Waals surface area contributed by atoms with Crippen molar-refractivity contribution in [3.05, 3.63) is 53.6 Å². The summed E-state index contributed by atoms with van der Waals surface area (Å²) < 4.78 is 53.7. The number of para-hydroxylation sites is 1. The number of hydrogen-bond acceptors (Lipinski definition) is 5. The highest BCUT2D eigenvalue weighted by Crippen LogP contribution is 2.31. The van der Waals surface area contributed by atoms with Gasteiger partial charge in [-0.15, -0.1) is 0 Å². The van der Waals surface area contributed by atoms with E-state index in [2.05, 4.69) is 4.72 Å². The summed E-state index contributed by atoms with van der Waals surface area (Å²) in [6, 6.07) is 11.3. The maximum Gasteiger partial charge on any atom is 0.262 e. The highest BCUT2D eigenvalue weighted by molar-refractivity contribution is 7.94. The highest BCUT2D eigenvalue weighted by atomic mass is 32.2. The smallest absolute Gasteiger partial charge is 0.262 e. The maximum atomic E-state index is 13.0. The van der Waals surface area contributed by atoms with Gasteiger partial charge in [0.25, 0.3) is 10.0 Å². The van der Waals surface area contributed by atoms with Gasteiger partial charge in [-0.05, 0) is 42.2 Å². The fourth-order valence-corrected chi connectivity index (χ4v) is 5.97. The Kier molecular flexibility index (Phi) is 5.24. The molecular formula is C19H22N2O5S2. The first-order valence-corrected chi connectivity index (χ1v) is 11.9. The molecule has 1 aliphatic rings. The Morgan fingerprint density at radius 2 is 1.79 bits per heavy atom. The molecule has 0 atom stereocenters. The number of carbonyl (C=O) groups is 1. The van der Waals surface area contributed by atoms with E-state index in [0.717, 1.165) is 5.56 Å². The molecular weight excluding hydrogens is 400 g/mol. The van der Waals surface area contributed by atoms with Gasteiger partial charge < -0.3 is 0 Å². The van der Waals surface area contributed by atoms with Crippen molar-refractivity contribution in [3.8, 4) is 0 Å². The third-order valence-corrected chi connectivity index (χ3v) is 7.80. The van der Waals surface area contributed by atoms with E-state index in [1.165, 1.54) is 18.2 Å². The van der Waals surface area contributed by atoms with Crippen LogP contribution >= 0.6 is 0 Å². The summed E-state index contributed by atoms with van der Waals surface area (Å²) in [4.78, 5) is 12.0. The number of amides is 1. The first-order valence-electron chi connectivity index (χ1n) is 8.81. The molecule has 3 rings (SSSR count). The molecule has 0 saturated carbocycles. The summed E-state index contributed by atoms with van der Waals surface area (Å²) in [6.45, 7) is 5.54. The molecule has 0 unspecified atom stereocenters. The number of sulfonamides is 2. The van der Waals surface area contributed by atoms with Crippen LogP contribution in [-0.2, 0) is 24.8 Å². The Morgan fingerprint density at radius 1 is 1.11 bits per heavy atom. The van der Waals surface area contributed by atoms with Crippen LogP contribution in [0, 0.1) is 6.92 Å². The van der Waals surface area contributed by atoms with Gasteiger partial charge in [-0.1, -0.05) is 38.1 Å². The molecule has 1 saturated heterocycles. The molecule has 2 aromatic carbocycles. The van der Waals surface area contributed by atoms with Crippen molar-refractivity contribution in [3.63, 3.8) is 0 Å². The van der Waals surface area contributed by atoms with Gasteiger partial charge in [-0.2, -0.15) is 0 Å². The summed E-state index contributed by atoms with van der Waals surface area (Å²) in [5.74, 6) is -0.731. The molecule has 7 nitrogen and oxygen atoms in total. The van der Waals surface area contributed by atoms with E-state index in [9.17, 15) is 21.6 Å². The van der Waals surface area contributed by atoms with Crippen molar-refractivity contribution in [2.75, 3.05) is 14.8 Å². The quantitative estimate of drug-likeness (QED) is 0.798. The van der Waals surface area contributed by atoms with Crippen molar-refractivity contribution in [1.29, 1.82) is 0 Å². The molecule has 1 heterocycles. The minimum Gasteiger partial charge on any atom is -0.279 e. The van der Waals surface area contributed by atoms with E-state index < -0.39 is 26.0 Å². The molecule has 0 radical (unpaired) electrons. The van der Waals surface area contributed by atoms with Crippen LogP contribution in [0.3, 0.4) is 0 Å². The van der Waals surface area contributed by atoms with Gasteiger partial charge in [0.15, 0.2) is 0 Å². The number of rotatable bonds is 5. The van der Waals surface area contributed by atoms with Crippen molar-refractivity contribution < 1.29 is 21.6 Å². The molecule has 1 fully saturated rings. The molecule has 0 aliphatic carbocycles. The summed E-state index contributed by atoms with van der Waals surface area (Å²) in [6.07, 6.45) is -0.113. The first-order chi connectivity index (χ1) is 13.0. The zero-order valence-electron chi connectivity index (χ0n) is 15.8. The van der Waals surface area contributed by atoms with Crippen LogP contribution in [0.5, 0.6) is 0 Å². The summed E-state index contributed by atoms with van der Waals surface area (Å²) in [5, 5.41) is 0. The summed E-state index contributed by atoms with van der Waals surface area (Å²) in [7, 11) is -7.76. The van der Waals surface area contributed by atoms with E-state index in [1.54, 1.807) is 19.1 Å². The number of carbonyl (C=O) groups excluding carboxylic acids is 1. The van der Waals surface area contributed by atoms with Gasteiger partial charge in [-0.25, -0.2) is 21.1 Å². The van der Waals surface area contributed by atoms with Crippen molar-refractivity contribution in [2.45, 2.75) is 38.0 Å². The monoisotopic (exact) mass is 422 g/mol. The number of benzene rings is 2. The largest absolute Gasteiger partial charge is 0.279 e. The average Bonchev–Trinajstić information content (AvgIpc) is 2.88. The molecule has 9 heteroatoms. The minimum atomic E-state index is -3.99. The Hall–Kier alpha value is -2.39. The molecule has 0 bridgehead atoms. The number of aryl methyl sites for hydroxylation is 1. The van der Waals surface area contributed by atoms with Crippen LogP contribution in [0.15, 0.2) is 47.4 Å². The number of nitrogens with one attached hydrogen (secondary N) is 1. The van der Waals surface area contributed by atoms with Gasteiger partial charge in [0.05, 0.1) is 22.0 Å². The molecule has 0 aromatic heterocycles. The Balaban J connectivity index is 2.05. The van der Waals surface area contributed by atoms with Crippen LogP contribution in [0.1, 0.15) is 37.3 Å². The van der Waals surface area contributed by atoms with E-state index in [4.69, 9.17) is 0 Å². The van der Waals surface area contributed by atoms with Crippen LogP contribution < -0.4 is 9.03 Å². The van der Waals surface area contributed by atoms with Crippen molar-refractivity contribution in [1.82, 2.24) is 0 Å². The Bertz CT molecular complexity index is 1140. The van der Waals surface area contributed by atoms with Crippen molar-refractivity contribution in [2.24, 2.45) is 0 Å². The van der Waals surface area contributed by atoms with Crippen LogP contribution in [0.2, 0.25) is 0 Å². The van der Waals surface area contributed by atoms with E-state index >= 15 is 0 Å². The average molecular weight is 423 g/mol. The van der Waals surface area contributed by atoms with E-state index in [-0.39, 0.29) is 28.7 Å². The Labute approximate surface area is 165 Å². The lowest BCUT2D eigenvalue weighted by molar-refractivity contribution is -0.116. The molecule has 1 amide bonds. The third-order valence-electron chi connectivity index (χ3n) is 4.60. The maximum absolute atomic E-state index is 13.0. The Morgan fingerprint density at radius 3 is 2.39 bits per heavy atom. The fraction of sp³-hybridized carbons (Fsp3) is 0.316. The second-order valence-corrected chi connectivity index (χ2v) is 10.6. The van der Waals surface area contributed by atoms with Gasteiger partial charge >= 0.3 is 0 Å². The van der Waals surface area contributed by atoms with Crippen molar-refractivity contribution >= 4 is 37.3 Å². The number of hydrogen-bond donors (Lipinski definition) is 1. The van der Waals surface area contributed by atoms with Crippen LogP contribution in [0.4, 0.5) is 11.4 Å². The molecule has 1 aliphatic heterocycles. The van der Waals surface area contributed by atoms with Crippen LogP contribution in [0.25, 0.3) is 0 Å². The van der Waals surface area contributed by atoms with Crippen LogP contribution in [-0.4, -0.2) is 28.5 Å². The highest BCUT2D eigenvalue weighted by Gasteiger charge is 2.37. The normalized spacial score (nSPS) is 16.6. The van der Waals surface area contributed by atoms with Gasteiger partial charge in [0, 0.05) is 6.42 Å². The van der Waals surface area contributed by atoms with E-state index in [1.807, 2.05) is 26.0 Å². The number of anilines is 2. The van der Waals surface area contributed by atoms with Gasteiger partial charge in [0.1, 0.15) is 0 Å². The lowest BCUT2D eigenvalue weighted by Crippen LogP contribution is -2.29. The topological polar surface area (TPSA) is 101 Å². The summed E-state index contributed by atoms with van der Waals surface area (Å²) >= 11 is 0. The van der Waals surface area contributed by atoms with Gasteiger partial charge in [-0.3, -0.25) is 9.52 Å². The molecule has 0 spiro atoms. The second kappa shape index (κ2) is 7.21. The van der Waals surface area contributed by atoms with E-state index in [0.29, 0.717) is 15.6 Å². The predicted octanol–water partition coefficient (Wildman–Crippen LogP) is 2.99. The fourth-order valence-electron chi connectivity index (χ4n) is 3.17. The molecule has 150 valence electrons. The lowest BCUT2D eigenvalue weighted by atomic mass is 10.0. The third kappa shape index (κ3) is 3.77. The number of nitrogens with zero attached hydrogens (tertiary/aromatic N) is 1. The minimum absolute atomic E-state index is 0.0330.